The largest absolute Gasteiger partial charge is 0.355 e. The molecule has 0 bridgehead atoms. The fourth-order valence-corrected chi connectivity index (χ4v) is 4.52. The maximum absolute atomic E-state index is 4.58. The second kappa shape index (κ2) is 4.97. The van der Waals surface area contributed by atoms with Crippen molar-refractivity contribution in [2.75, 3.05) is 31.1 Å². The zero-order valence-electron chi connectivity index (χ0n) is 11.6. The molecule has 0 radical (unpaired) electrons. The van der Waals surface area contributed by atoms with Crippen LogP contribution < -0.4 is 10.2 Å². The van der Waals surface area contributed by atoms with Gasteiger partial charge in [-0.3, -0.25) is 0 Å². The van der Waals surface area contributed by atoms with Gasteiger partial charge in [-0.05, 0) is 43.7 Å². The molecule has 1 unspecified atom stereocenters. The van der Waals surface area contributed by atoms with Crippen molar-refractivity contribution >= 4 is 27.4 Å². The van der Waals surface area contributed by atoms with Gasteiger partial charge in [0.25, 0.3) is 0 Å². The van der Waals surface area contributed by atoms with Crippen LogP contribution in [-0.4, -0.2) is 36.1 Å². The Kier molecular flexibility index (Phi) is 3.11. The summed E-state index contributed by atoms with van der Waals surface area (Å²) in [5.74, 6) is 1.14. The monoisotopic (exact) mass is 288 g/mol. The number of thiophene rings is 1. The first kappa shape index (κ1) is 12.5. The highest BCUT2D eigenvalue weighted by Crippen LogP contribution is 2.38. The highest BCUT2D eigenvalue weighted by molar-refractivity contribution is 7.16. The predicted molar refractivity (Wildman–Crippen MR) is 83.4 cm³/mol. The average molecular weight is 288 g/mol. The Morgan fingerprint density at radius 2 is 2.20 bits per heavy atom. The van der Waals surface area contributed by atoms with E-state index in [1.165, 1.54) is 44.2 Å². The molecule has 0 aromatic carbocycles. The molecule has 5 heteroatoms. The molecule has 0 aliphatic carbocycles. The van der Waals surface area contributed by atoms with E-state index in [1.807, 2.05) is 0 Å². The van der Waals surface area contributed by atoms with Gasteiger partial charge in [-0.1, -0.05) is 0 Å². The van der Waals surface area contributed by atoms with Gasteiger partial charge in [-0.25, -0.2) is 9.97 Å². The van der Waals surface area contributed by atoms with Crippen LogP contribution in [0.3, 0.4) is 0 Å². The van der Waals surface area contributed by atoms with E-state index in [2.05, 4.69) is 31.6 Å². The molecule has 4 nitrogen and oxygen atoms in total. The van der Waals surface area contributed by atoms with E-state index in [9.17, 15) is 0 Å². The molecule has 0 amide bonds. The Balaban J connectivity index is 1.66. The number of nitrogens with zero attached hydrogens (tertiary/aromatic N) is 3. The van der Waals surface area contributed by atoms with E-state index in [4.69, 9.17) is 0 Å². The molecule has 2 aliphatic rings. The van der Waals surface area contributed by atoms with E-state index < -0.39 is 0 Å². The van der Waals surface area contributed by atoms with Gasteiger partial charge in [0.15, 0.2) is 0 Å². The number of hydrogen-bond donors (Lipinski definition) is 1. The van der Waals surface area contributed by atoms with E-state index >= 15 is 0 Å². The van der Waals surface area contributed by atoms with Crippen LogP contribution in [0.25, 0.3) is 10.2 Å². The Labute approximate surface area is 123 Å². The third-order valence-corrected chi connectivity index (χ3v) is 5.58. The highest BCUT2D eigenvalue weighted by Gasteiger charge is 2.37. The quantitative estimate of drug-likeness (QED) is 0.876. The minimum atomic E-state index is 0.462. The first-order valence-electron chi connectivity index (χ1n) is 7.50. The van der Waals surface area contributed by atoms with Crippen molar-refractivity contribution < 1.29 is 0 Å². The maximum atomic E-state index is 4.58. The lowest BCUT2D eigenvalue weighted by Crippen LogP contribution is -2.51. The second-order valence-corrected chi connectivity index (χ2v) is 7.04. The van der Waals surface area contributed by atoms with Gasteiger partial charge in [-0.2, -0.15) is 0 Å². The van der Waals surface area contributed by atoms with Crippen molar-refractivity contribution in [2.24, 2.45) is 5.41 Å². The summed E-state index contributed by atoms with van der Waals surface area (Å²) in [5, 5.41) is 6.93. The summed E-state index contributed by atoms with van der Waals surface area (Å²) in [4.78, 5) is 12.6. The van der Waals surface area contributed by atoms with Crippen molar-refractivity contribution in [2.45, 2.75) is 25.7 Å². The van der Waals surface area contributed by atoms with E-state index in [0.717, 1.165) is 23.7 Å². The van der Waals surface area contributed by atoms with Crippen LogP contribution in [0.4, 0.5) is 5.82 Å². The molecule has 1 atom stereocenters. The summed E-state index contributed by atoms with van der Waals surface area (Å²) in [6.07, 6.45) is 7.01. The number of rotatable bonds is 1. The molecular formula is C15H20N4S. The fourth-order valence-electron chi connectivity index (χ4n) is 3.80. The van der Waals surface area contributed by atoms with Gasteiger partial charge >= 0.3 is 0 Å². The molecule has 1 spiro atoms. The number of anilines is 1. The summed E-state index contributed by atoms with van der Waals surface area (Å²) in [7, 11) is 0. The SMILES string of the molecule is c1nc(N2CCCC3(CCCNC3)C2)c2ccsc2n1. The van der Waals surface area contributed by atoms with Crippen LogP contribution in [0.5, 0.6) is 0 Å². The Morgan fingerprint density at radius 1 is 1.25 bits per heavy atom. The number of nitrogens with one attached hydrogen (secondary N) is 1. The molecule has 2 aromatic rings. The van der Waals surface area contributed by atoms with E-state index in [1.54, 1.807) is 17.7 Å². The minimum Gasteiger partial charge on any atom is -0.355 e. The molecule has 2 fully saturated rings. The van der Waals surface area contributed by atoms with Gasteiger partial charge in [0.05, 0.1) is 5.39 Å². The fraction of sp³-hybridized carbons (Fsp3) is 0.600. The van der Waals surface area contributed by atoms with Crippen LogP contribution in [0.15, 0.2) is 17.8 Å². The first-order chi connectivity index (χ1) is 9.86. The molecule has 4 rings (SSSR count). The van der Waals surface area contributed by atoms with Gasteiger partial charge in [0.2, 0.25) is 0 Å². The zero-order valence-corrected chi connectivity index (χ0v) is 12.5. The topological polar surface area (TPSA) is 41.1 Å². The molecule has 106 valence electrons. The van der Waals surface area contributed by atoms with Gasteiger partial charge < -0.3 is 10.2 Å². The zero-order chi connectivity index (χ0) is 13.4. The van der Waals surface area contributed by atoms with E-state index in [-0.39, 0.29) is 0 Å². The van der Waals surface area contributed by atoms with E-state index in [0.29, 0.717) is 5.41 Å². The van der Waals surface area contributed by atoms with Crippen LogP contribution >= 0.6 is 11.3 Å². The summed E-state index contributed by atoms with van der Waals surface area (Å²) in [6.45, 7) is 4.62. The van der Waals surface area contributed by atoms with Gasteiger partial charge in [0.1, 0.15) is 17.0 Å². The number of fused-ring (bicyclic) bond motifs is 1. The van der Waals surface area contributed by atoms with Crippen LogP contribution in [0.2, 0.25) is 0 Å². The van der Waals surface area contributed by atoms with Crippen LogP contribution in [-0.2, 0) is 0 Å². The minimum absolute atomic E-state index is 0.462. The molecule has 1 N–H and O–H groups in total. The normalized spacial score (nSPS) is 27.3. The first-order valence-corrected chi connectivity index (χ1v) is 8.38. The third-order valence-electron chi connectivity index (χ3n) is 4.76. The molecule has 2 aromatic heterocycles. The lowest BCUT2D eigenvalue weighted by molar-refractivity contribution is 0.173. The summed E-state index contributed by atoms with van der Waals surface area (Å²) < 4.78 is 0. The molecule has 20 heavy (non-hydrogen) atoms. The van der Waals surface area contributed by atoms with Gasteiger partial charge in [-0.15, -0.1) is 11.3 Å². The van der Waals surface area contributed by atoms with Crippen molar-refractivity contribution in [1.82, 2.24) is 15.3 Å². The molecule has 4 heterocycles. The van der Waals surface area contributed by atoms with Crippen molar-refractivity contribution in [3.63, 3.8) is 0 Å². The standard InChI is InChI=1S/C15H20N4S/c1-4-15(9-16-6-1)5-2-7-19(10-15)13-12-3-8-20-14(12)18-11-17-13/h3,8,11,16H,1-2,4-7,9-10H2. The molecular weight excluding hydrogens is 268 g/mol. The molecule has 0 saturated carbocycles. The maximum Gasteiger partial charge on any atom is 0.140 e. The summed E-state index contributed by atoms with van der Waals surface area (Å²) in [6, 6.07) is 2.16. The van der Waals surface area contributed by atoms with Crippen molar-refractivity contribution in [3.8, 4) is 0 Å². The Hall–Kier alpha value is -1.20. The summed E-state index contributed by atoms with van der Waals surface area (Å²) >= 11 is 1.70. The lowest BCUT2D eigenvalue weighted by atomic mass is 9.74. The number of hydrogen-bond acceptors (Lipinski definition) is 5. The van der Waals surface area contributed by atoms with Crippen molar-refractivity contribution in [3.05, 3.63) is 17.8 Å². The van der Waals surface area contributed by atoms with Crippen molar-refractivity contribution in [1.29, 1.82) is 0 Å². The smallest absolute Gasteiger partial charge is 0.140 e. The Morgan fingerprint density at radius 3 is 3.10 bits per heavy atom. The molecule has 2 aliphatic heterocycles. The predicted octanol–water partition coefficient (Wildman–Crippen LogP) is 2.66. The summed E-state index contributed by atoms with van der Waals surface area (Å²) in [5.41, 5.74) is 0.462. The number of aromatic nitrogens is 2. The highest BCUT2D eigenvalue weighted by atomic mass is 32.1. The van der Waals surface area contributed by atoms with Crippen LogP contribution in [0.1, 0.15) is 25.7 Å². The second-order valence-electron chi connectivity index (χ2n) is 6.14. The average Bonchev–Trinajstić information content (AvgIpc) is 2.96. The molecule has 2 saturated heterocycles. The Bertz CT molecular complexity index is 597. The number of piperidine rings is 2. The van der Waals surface area contributed by atoms with Gasteiger partial charge in [0, 0.05) is 25.0 Å². The third kappa shape index (κ3) is 2.09. The van der Waals surface area contributed by atoms with Crippen LogP contribution in [0, 0.1) is 5.41 Å². The lowest BCUT2D eigenvalue weighted by Gasteiger charge is -2.46.